The highest BCUT2D eigenvalue weighted by Crippen LogP contribution is 2.32. The highest BCUT2D eigenvalue weighted by Gasteiger charge is 2.33. The van der Waals surface area contributed by atoms with E-state index < -0.39 is 10.8 Å². The summed E-state index contributed by atoms with van der Waals surface area (Å²) in [7, 11) is -0.756. The van der Waals surface area contributed by atoms with Gasteiger partial charge >= 0.3 is 0 Å². The number of nitrogens with zero attached hydrogens (tertiary/aromatic N) is 1. The molecule has 0 bridgehead atoms. The molecule has 2 nitrogen and oxygen atoms in total. The molecule has 3 atom stereocenters. The molecule has 2 saturated carbocycles. The van der Waals surface area contributed by atoms with Crippen LogP contribution in [0, 0.1) is 17.2 Å². The molecular formula is C14H23NOS. The van der Waals surface area contributed by atoms with Crippen molar-refractivity contribution < 1.29 is 4.21 Å². The van der Waals surface area contributed by atoms with Gasteiger partial charge in [-0.15, -0.1) is 0 Å². The van der Waals surface area contributed by atoms with Gasteiger partial charge in [0, 0.05) is 16.0 Å². The minimum Gasteiger partial charge on any atom is -0.259 e. The average Bonchev–Trinajstić information content (AvgIpc) is 2.64. The van der Waals surface area contributed by atoms with E-state index in [4.69, 9.17) is 0 Å². The first-order valence-corrected chi connectivity index (χ1v) is 8.39. The topological polar surface area (TPSA) is 40.9 Å². The van der Waals surface area contributed by atoms with Crippen LogP contribution >= 0.6 is 0 Å². The summed E-state index contributed by atoms with van der Waals surface area (Å²) in [6, 6.07) is 2.42. The van der Waals surface area contributed by atoms with E-state index in [9.17, 15) is 9.47 Å². The Bertz CT molecular complexity index is 304. The van der Waals surface area contributed by atoms with Gasteiger partial charge in [0.15, 0.2) is 0 Å². The highest BCUT2D eigenvalue weighted by atomic mass is 32.2. The summed E-state index contributed by atoms with van der Waals surface area (Å²) in [4.78, 5) is 0. The third kappa shape index (κ3) is 3.31. The zero-order chi connectivity index (χ0) is 12.1. The third-order valence-corrected chi connectivity index (χ3v) is 6.59. The standard InChI is InChI=1S/C14H23NOS/c15-11-12-7-3-1-6-10-14(12)17(16)13-8-4-2-5-9-13/h12-14H,1-10H2. The summed E-state index contributed by atoms with van der Waals surface area (Å²) >= 11 is 0. The van der Waals surface area contributed by atoms with E-state index in [2.05, 4.69) is 6.07 Å². The van der Waals surface area contributed by atoms with Crippen LogP contribution in [-0.4, -0.2) is 14.7 Å². The second-order valence-electron chi connectivity index (χ2n) is 5.50. The molecule has 0 aromatic heterocycles. The van der Waals surface area contributed by atoms with Crippen molar-refractivity contribution in [3.8, 4) is 6.07 Å². The Hall–Kier alpha value is -0.360. The van der Waals surface area contributed by atoms with Gasteiger partial charge in [0.1, 0.15) is 0 Å². The van der Waals surface area contributed by atoms with Crippen molar-refractivity contribution in [2.75, 3.05) is 0 Å². The summed E-state index contributed by atoms with van der Waals surface area (Å²) in [5, 5.41) is 9.81. The van der Waals surface area contributed by atoms with Crippen LogP contribution in [0.1, 0.15) is 64.2 Å². The fourth-order valence-corrected chi connectivity index (χ4v) is 5.46. The first-order valence-electron chi connectivity index (χ1n) is 7.12. The smallest absolute Gasteiger partial charge is 0.0668 e. The maximum atomic E-state index is 12.6. The minimum absolute atomic E-state index is 0.0558. The van der Waals surface area contributed by atoms with Gasteiger partial charge in [0.2, 0.25) is 0 Å². The Balaban J connectivity index is 2.01. The minimum atomic E-state index is -0.756. The van der Waals surface area contributed by atoms with Gasteiger partial charge in [-0.2, -0.15) is 5.26 Å². The second-order valence-corrected chi connectivity index (χ2v) is 7.43. The molecule has 0 aromatic rings. The van der Waals surface area contributed by atoms with Crippen molar-refractivity contribution in [2.24, 2.45) is 5.92 Å². The number of rotatable bonds is 2. The zero-order valence-corrected chi connectivity index (χ0v) is 11.4. The molecule has 17 heavy (non-hydrogen) atoms. The lowest BCUT2D eigenvalue weighted by molar-refractivity contribution is 0.491. The molecule has 0 heterocycles. The van der Waals surface area contributed by atoms with Crippen LogP contribution in [0.25, 0.3) is 0 Å². The van der Waals surface area contributed by atoms with Crippen LogP contribution in [0.3, 0.4) is 0 Å². The molecule has 0 spiro atoms. The molecule has 2 rings (SSSR count). The highest BCUT2D eigenvalue weighted by molar-refractivity contribution is 7.86. The summed E-state index contributed by atoms with van der Waals surface area (Å²) < 4.78 is 12.6. The Labute approximate surface area is 107 Å². The van der Waals surface area contributed by atoms with Crippen LogP contribution in [-0.2, 0) is 10.8 Å². The van der Waals surface area contributed by atoms with Crippen molar-refractivity contribution in [1.29, 1.82) is 5.26 Å². The van der Waals surface area contributed by atoms with E-state index in [1.54, 1.807) is 0 Å². The second kappa shape index (κ2) is 6.54. The molecule has 0 amide bonds. The normalized spacial score (nSPS) is 33.6. The van der Waals surface area contributed by atoms with Crippen molar-refractivity contribution in [3.05, 3.63) is 0 Å². The molecule has 0 saturated heterocycles. The van der Waals surface area contributed by atoms with E-state index in [-0.39, 0.29) is 11.2 Å². The van der Waals surface area contributed by atoms with Gasteiger partial charge in [-0.05, 0) is 25.7 Å². The first kappa shape index (κ1) is 13.1. The van der Waals surface area contributed by atoms with Crippen molar-refractivity contribution in [2.45, 2.75) is 74.7 Å². The molecule has 0 N–H and O–H groups in total. The maximum Gasteiger partial charge on any atom is 0.0668 e. The third-order valence-electron chi connectivity index (χ3n) is 4.30. The monoisotopic (exact) mass is 253 g/mol. The molecule has 3 unspecified atom stereocenters. The van der Waals surface area contributed by atoms with Gasteiger partial charge in [-0.3, -0.25) is 4.21 Å². The predicted octanol–water partition coefficient (Wildman–Crippen LogP) is 3.54. The Morgan fingerprint density at radius 3 is 2.12 bits per heavy atom. The average molecular weight is 253 g/mol. The quantitative estimate of drug-likeness (QED) is 0.706. The molecule has 0 aliphatic heterocycles. The van der Waals surface area contributed by atoms with Crippen LogP contribution in [0.5, 0.6) is 0 Å². The van der Waals surface area contributed by atoms with Gasteiger partial charge < -0.3 is 0 Å². The summed E-state index contributed by atoms with van der Waals surface area (Å²) in [6.45, 7) is 0. The van der Waals surface area contributed by atoms with E-state index >= 15 is 0 Å². The fraction of sp³-hybridized carbons (Fsp3) is 0.929. The van der Waals surface area contributed by atoms with E-state index in [0.29, 0.717) is 5.25 Å². The van der Waals surface area contributed by atoms with Crippen LogP contribution < -0.4 is 0 Å². The molecular weight excluding hydrogens is 230 g/mol. The van der Waals surface area contributed by atoms with E-state index in [0.717, 1.165) is 32.1 Å². The Morgan fingerprint density at radius 2 is 1.47 bits per heavy atom. The summed E-state index contributed by atoms with van der Waals surface area (Å²) in [5.74, 6) is 0.0558. The van der Waals surface area contributed by atoms with Gasteiger partial charge in [0.05, 0.1) is 17.2 Å². The molecule has 2 fully saturated rings. The largest absolute Gasteiger partial charge is 0.259 e. The summed E-state index contributed by atoms with van der Waals surface area (Å²) in [5.41, 5.74) is 0. The van der Waals surface area contributed by atoms with Crippen LogP contribution in [0.15, 0.2) is 0 Å². The zero-order valence-electron chi connectivity index (χ0n) is 10.6. The molecule has 2 aliphatic rings. The number of hydrogen-bond donors (Lipinski definition) is 0. The van der Waals surface area contributed by atoms with E-state index in [1.807, 2.05) is 0 Å². The van der Waals surface area contributed by atoms with Gasteiger partial charge in [-0.1, -0.05) is 38.5 Å². The van der Waals surface area contributed by atoms with E-state index in [1.165, 1.54) is 32.1 Å². The lowest BCUT2D eigenvalue weighted by atomic mass is 10.0. The maximum absolute atomic E-state index is 12.6. The Morgan fingerprint density at radius 1 is 0.882 bits per heavy atom. The van der Waals surface area contributed by atoms with Crippen LogP contribution in [0.2, 0.25) is 0 Å². The first-order chi connectivity index (χ1) is 8.33. The van der Waals surface area contributed by atoms with Crippen molar-refractivity contribution in [3.63, 3.8) is 0 Å². The SMILES string of the molecule is N#CC1CCCCCC1S(=O)C1CCCCC1. The molecule has 2 aliphatic carbocycles. The van der Waals surface area contributed by atoms with Crippen molar-refractivity contribution >= 4 is 10.8 Å². The van der Waals surface area contributed by atoms with Crippen LogP contribution in [0.4, 0.5) is 0 Å². The molecule has 0 radical (unpaired) electrons. The van der Waals surface area contributed by atoms with Gasteiger partial charge in [0.25, 0.3) is 0 Å². The Kier molecular flexibility index (Phi) is 5.03. The van der Waals surface area contributed by atoms with Gasteiger partial charge in [-0.25, -0.2) is 0 Å². The molecule has 0 aromatic carbocycles. The lowest BCUT2D eigenvalue weighted by Crippen LogP contribution is -2.32. The van der Waals surface area contributed by atoms with Crippen molar-refractivity contribution in [1.82, 2.24) is 0 Å². The predicted molar refractivity (Wildman–Crippen MR) is 71.0 cm³/mol. The fourth-order valence-electron chi connectivity index (χ4n) is 3.24. The summed E-state index contributed by atoms with van der Waals surface area (Å²) in [6.07, 6.45) is 11.6. The number of hydrogen-bond acceptors (Lipinski definition) is 2. The molecule has 96 valence electrons. The lowest BCUT2D eigenvalue weighted by Gasteiger charge is -2.27. The molecule has 3 heteroatoms. The number of nitriles is 1.